The van der Waals surface area contributed by atoms with Crippen LogP contribution in [0.2, 0.25) is 0 Å². The number of fused-ring (bicyclic) bond motifs is 1. The van der Waals surface area contributed by atoms with Crippen LogP contribution in [-0.2, 0) is 16.9 Å². The van der Waals surface area contributed by atoms with Gasteiger partial charge in [-0.1, -0.05) is 30.3 Å². The van der Waals surface area contributed by atoms with Crippen LogP contribution >= 0.6 is 0 Å². The Morgan fingerprint density at radius 1 is 1.09 bits per heavy atom. The Balaban J connectivity index is 1.75. The SMILES string of the molecule is CN(C)n1c(=O)c(Oc2ccc(F)cc2F)cc2cnc([S+]([O-])Cc3ccccc3)nc21. The number of nitrogens with zero attached hydrogens (tertiary/aromatic N) is 4. The van der Waals surface area contributed by atoms with Gasteiger partial charge in [0.2, 0.25) is 0 Å². The molecule has 7 nitrogen and oxygen atoms in total. The van der Waals surface area contributed by atoms with Crippen LogP contribution in [-0.4, -0.2) is 33.3 Å². The average Bonchev–Trinajstić information content (AvgIpc) is 2.76. The normalized spacial score (nSPS) is 12.0. The number of pyridine rings is 1. The minimum atomic E-state index is -1.53. The second kappa shape index (κ2) is 8.93. The van der Waals surface area contributed by atoms with E-state index in [4.69, 9.17) is 4.74 Å². The van der Waals surface area contributed by atoms with Crippen LogP contribution in [0, 0.1) is 11.6 Å². The molecule has 0 saturated heterocycles. The van der Waals surface area contributed by atoms with Gasteiger partial charge in [0.15, 0.2) is 23.0 Å². The highest BCUT2D eigenvalue weighted by molar-refractivity contribution is 7.90. The summed E-state index contributed by atoms with van der Waals surface area (Å²) in [5.74, 6) is -1.97. The second-order valence-electron chi connectivity index (χ2n) is 7.06. The zero-order chi connectivity index (χ0) is 22.8. The molecule has 0 aliphatic heterocycles. The molecule has 1 unspecified atom stereocenters. The van der Waals surface area contributed by atoms with Crippen molar-refractivity contribution in [3.8, 4) is 11.5 Å². The molecule has 1 atom stereocenters. The fourth-order valence-corrected chi connectivity index (χ4v) is 4.04. The van der Waals surface area contributed by atoms with Crippen molar-refractivity contribution in [1.82, 2.24) is 14.6 Å². The first-order chi connectivity index (χ1) is 15.3. The Bertz CT molecular complexity index is 1330. The molecule has 0 N–H and O–H groups in total. The summed E-state index contributed by atoms with van der Waals surface area (Å²) >= 11 is -1.53. The maximum atomic E-state index is 14.0. The molecule has 2 aromatic carbocycles. The monoisotopic (exact) mass is 456 g/mol. The lowest BCUT2D eigenvalue weighted by Gasteiger charge is -2.19. The molecule has 4 rings (SSSR count). The van der Waals surface area contributed by atoms with Crippen LogP contribution < -0.4 is 15.3 Å². The molecule has 0 bridgehead atoms. The number of hydrogen-bond donors (Lipinski definition) is 0. The Morgan fingerprint density at radius 3 is 2.53 bits per heavy atom. The van der Waals surface area contributed by atoms with Crippen LogP contribution in [0.3, 0.4) is 0 Å². The average molecular weight is 456 g/mol. The third-order valence-electron chi connectivity index (χ3n) is 4.52. The van der Waals surface area contributed by atoms with E-state index in [1.807, 2.05) is 30.3 Å². The van der Waals surface area contributed by atoms with Crippen LogP contribution in [0.4, 0.5) is 8.78 Å². The molecule has 0 fully saturated rings. The fourth-order valence-electron chi connectivity index (χ4n) is 3.06. The van der Waals surface area contributed by atoms with Gasteiger partial charge < -0.3 is 14.3 Å². The van der Waals surface area contributed by atoms with E-state index in [0.29, 0.717) is 11.5 Å². The van der Waals surface area contributed by atoms with Gasteiger partial charge in [0, 0.05) is 48.5 Å². The van der Waals surface area contributed by atoms with Gasteiger partial charge in [-0.3, -0.25) is 4.79 Å². The van der Waals surface area contributed by atoms with Gasteiger partial charge in [0.25, 0.3) is 0 Å². The van der Waals surface area contributed by atoms with Crippen molar-refractivity contribution in [3.05, 3.63) is 88.3 Å². The first-order valence-corrected chi connectivity index (χ1v) is 10.8. The highest BCUT2D eigenvalue weighted by Crippen LogP contribution is 2.25. The maximum Gasteiger partial charge on any atom is 0.345 e. The number of ether oxygens (including phenoxy) is 1. The molecule has 0 aliphatic rings. The van der Waals surface area contributed by atoms with Crippen molar-refractivity contribution in [3.63, 3.8) is 0 Å². The molecular weight excluding hydrogens is 438 g/mol. The second-order valence-corrected chi connectivity index (χ2v) is 8.40. The number of halogens is 2. The maximum absolute atomic E-state index is 14.0. The van der Waals surface area contributed by atoms with Gasteiger partial charge in [-0.25, -0.2) is 8.78 Å². The van der Waals surface area contributed by atoms with Gasteiger partial charge >= 0.3 is 10.7 Å². The number of benzene rings is 2. The third-order valence-corrected chi connectivity index (χ3v) is 5.72. The Hall–Kier alpha value is -3.50. The smallest absolute Gasteiger partial charge is 0.345 e. The van der Waals surface area contributed by atoms with Crippen LogP contribution in [0.15, 0.2) is 70.7 Å². The van der Waals surface area contributed by atoms with E-state index in [1.54, 1.807) is 14.1 Å². The molecule has 0 saturated carbocycles. The van der Waals surface area contributed by atoms with Crippen molar-refractivity contribution in [2.75, 3.05) is 19.1 Å². The molecule has 0 radical (unpaired) electrons. The topological polar surface area (TPSA) is 83.3 Å². The number of hydrogen-bond acceptors (Lipinski definition) is 6. The summed E-state index contributed by atoms with van der Waals surface area (Å²) in [5, 5.41) is 1.96. The molecule has 4 aromatic rings. The fraction of sp³-hybridized carbons (Fsp3) is 0.136. The van der Waals surface area contributed by atoms with E-state index < -0.39 is 28.4 Å². The van der Waals surface area contributed by atoms with E-state index in [2.05, 4.69) is 9.97 Å². The van der Waals surface area contributed by atoms with E-state index in [1.165, 1.54) is 21.9 Å². The summed E-state index contributed by atoms with van der Waals surface area (Å²) in [5.41, 5.74) is 0.465. The van der Waals surface area contributed by atoms with Crippen molar-refractivity contribution in [1.29, 1.82) is 0 Å². The van der Waals surface area contributed by atoms with Crippen LogP contribution in [0.25, 0.3) is 11.0 Å². The predicted molar refractivity (Wildman–Crippen MR) is 117 cm³/mol. The minimum absolute atomic E-state index is 0.0783. The molecule has 0 amide bonds. The molecule has 0 aliphatic carbocycles. The summed E-state index contributed by atoms with van der Waals surface area (Å²) in [7, 11) is 3.23. The van der Waals surface area contributed by atoms with Crippen LogP contribution in [0.5, 0.6) is 11.5 Å². The quantitative estimate of drug-likeness (QED) is 0.327. The van der Waals surface area contributed by atoms with E-state index in [0.717, 1.165) is 17.7 Å². The first kappa shape index (κ1) is 21.7. The van der Waals surface area contributed by atoms with Gasteiger partial charge in [0.1, 0.15) is 11.6 Å². The lowest BCUT2D eigenvalue weighted by molar-refractivity contribution is 0.428. The standard InChI is InChI=1S/C22H18F2N4O3S/c1-27(2)28-20-15(10-19(21(28)29)31-18-9-8-16(23)11-17(18)24)12-25-22(26-20)32(30)13-14-6-4-3-5-7-14/h3-12H,13H2,1-2H3. The summed E-state index contributed by atoms with van der Waals surface area (Å²) in [6.45, 7) is 0. The lowest BCUT2D eigenvalue weighted by atomic mass is 10.2. The molecule has 32 heavy (non-hydrogen) atoms. The molecule has 2 aromatic heterocycles. The van der Waals surface area contributed by atoms with E-state index in [9.17, 15) is 18.1 Å². The third kappa shape index (κ3) is 4.41. The summed E-state index contributed by atoms with van der Waals surface area (Å²) < 4.78 is 46.6. The van der Waals surface area contributed by atoms with Gasteiger partial charge in [0.05, 0.1) is 0 Å². The summed E-state index contributed by atoms with van der Waals surface area (Å²) in [6.07, 6.45) is 1.42. The van der Waals surface area contributed by atoms with E-state index in [-0.39, 0.29) is 28.1 Å². The van der Waals surface area contributed by atoms with Crippen molar-refractivity contribution < 1.29 is 18.1 Å². The van der Waals surface area contributed by atoms with Crippen molar-refractivity contribution >= 4 is 22.2 Å². The molecule has 10 heteroatoms. The molecule has 164 valence electrons. The van der Waals surface area contributed by atoms with Gasteiger partial charge in [-0.15, -0.1) is 0 Å². The van der Waals surface area contributed by atoms with Crippen molar-refractivity contribution in [2.45, 2.75) is 10.9 Å². The highest BCUT2D eigenvalue weighted by atomic mass is 32.2. The molecular formula is C22H18F2N4O3S. The minimum Gasteiger partial charge on any atom is -0.609 e. The van der Waals surface area contributed by atoms with Gasteiger partial charge in [-0.05, 0) is 18.2 Å². The summed E-state index contributed by atoms with van der Waals surface area (Å²) in [6, 6.07) is 13.4. The Labute approximate surface area is 185 Å². The zero-order valence-corrected chi connectivity index (χ0v) is 18.0. The lowest BCUT2D eigenvalue weighted by Crippen LogP contribution is -2.37. The van der Waals surface area contributed by atoms with Crippen LogP contribution in [0.1, 0.15) is 5.56 Å². The number of aromatic nitrogens is 3. The Morgan fingerprint density at radius 2 is 1.84 bits per heavy atom. The van der Waals surface area contributed by atoms with Crippen molar-refractivity contribution in [2.24, 2.45) is 0 Å². The highest BCUT2D eigenvalue weighted by Gasteiger charge is 2.21. The molecule has 0 spiro atoms. The summed E-state index contributed by atoms with van der Waals surface area (Å²) in [4.78, 5) is 21.6. The number of rotatable bonds is 6. The Kier molecular flexibility index (Phi) is 6.06. The molecule has 2 heterocycles. The largest absolute Gasteiger partial charge is 0.609 e. The van der Waals surface area contributed by atoms with E-state index >= 15 is 0 Å². The zero-order valence-electron chi connectivity index (χ0n) is 17.2. The first-order valence-electron chi connectivity index (χ1n) is 9.49. The predicted octanol–water partition coefficient (Wildman–Crippen LogP) is 3.37. The van der Waals surface area contributed by atoms with Gasteiger partial charge in [-0.2, -0.15) is 14.6 Å².